The predicted molar refractivity (Wildman–Crippen MR) is 120 cm³/mol. The molecule has 0 atom stereocenters. The highest BCUT2D eigenvalue weighted by atomic mass is 16.5. The van der Waals surface area contributed by atoms with Crippen LogP contribution in [0.4, 0.5) is 5.69 Å². The first kappa shape index (κ1) is 22.5. The zero-order chi connectivity index (χ0) is 22.5. The van der Waals surface area contributed by atoms with E-state index in [0.29, 0.717) is 36.6 Å². The summed E-state index contributed by atoms with van der Waals surface area (Å²) >= 11 is 0. The average Bonchev–Trinajstić information content (AvgIpc) is 2.86. The Hall–Kier alpha value is -3.19. The van der Waals surface area contributed by atoms with Crippen molar-refractivity contribution in [1.29, 1.82) is 0 Å². The monoisotopic (exact) mass is 423 g/mol. The number of carbonyl (C=O) groups is 3. The lowest BCUT2D eigenvalue weighted by Gasteiger charge is -2.26. The van der Waals surface area contributed by atoms with Gasteiger partial charge >= 0.3 is 0 Å². The van der Waals surface area contributed by atoms with E-state index in [1.807, 2.05) is 51.1 Å². The van der Waals surface area contributed by atoms with E-state index in [0.717, 1.165) is 16.0 Å². The van der Waals surface area contributed by atoms with Gasteiger partial charge in [-0.15, -0.1) is 0 Å². The van der Waals surface area contributed by atoms with Crippen molar-refractivity contribution in [3.63, 3.8) is 0 Å². The van der Waals surface area contributed by atoms with Crippen molar-refractivity contribution in [3.8, 4) is 16.9 Å². The molecule has 0 aromatic heterocycles. The molecular formula is C24H29N3O4. The molecule has 3 amide bonds. The molecule has 164 valence electrons. The van der Waals surface area contributed by atoms with Gasteiger partial charge in [-0.25, -0.2) is 0 Å². The largest absolute Gasteiger partial charge is 0.492 e. The summed E-state index contributed by atoms with van der Waals surface area (Å²) in [6.45, 7) is 6.29. The first-order valence-corrected chi connectivity index (χ1v) is 10.6. The van der Waals surface area contributed by atoms with E-state index in [4.69, 9.17) is 10.5 Å². The first-order chi connectivity index (χ1) is 14.9. The van der Waals surface area contributed by atoms with Crippen LogP contribution in [0.5, 0.6) is 5.75 Å². The molecule has 0 radical (unpaired) electrons. The number of nitrogens with zero attached hydrogens (tertiary/aromatic N) is 2. The normalized spacial score (nSPS) is 14.0. The maximum atomic E-state index is 13.3. The number of hydrogen-bond acceptors (Lipinski definition) is 5. The number of imide groups is 1. The number of carbonyl (C=O) groups excluding carboxylic acids is 3. The smallest absolute Gasteiger partial charge is 0.263 e. The molecule has 0 saturated carbocycles. The number of fused-ring (bicyclic) bond motifs is 1. The van der Waals surface area contributed by atoms with E-state index < -0.39 is 5.91 Å². The van der Waals surface area contributed by atoms with E-state index in [1.165, 1.54) is 0 Å². The Morgan fingerprint density at radius 2 is 1.77 bits per heavy atom. The highest BCUT2D eigenvalue weighted by molar-refractivity contribution is 6.15. The molecule has 7 heteroatoms. The predicted octanol–water partition coefficient (Wildman–Crippen LogP) is 3.22. The Balaban J connectivity index is 2.04. The Bertz CT molecular complexity index is 969. The minimum Gasteiger partial charge on any atom is -0.492 e. The van der Waals surface area contributed by atoms with Crippen molar-refractivity contribution >= 4 is 23.4 Å². The summed E-state index contributed by atoms with van der Waals surface area (Å²) in [6.07, 6.45) is 0.830. The van der Waals surface area contributed by atoms with Gasteiger partial charge in [-0.2, -0.15) is 0 Å². The van der Waals surface area contributed by atoms with Crippen LogP contribution in [0.15, 0.2) is 42.5 Å². The molecule has 1 aliphatic rings. The highest BCUT2D eigenvalue weighted by Gasteiger charge is 2.35. The molecule has 0 saturated heterocycles. The van der Waals surface area contributed by atoms with Crippen molar-refractivity contribution in [2.75, 3.05) is 24.6 Å². The van der Waals surface area contributed by atoms with E-state index in [1.54, 1.807) is 17.0 Å². The summed E-state index contributed by atoms with van der Waals surface area (Å²) in [6, 6.07) is 12.8. The van der Waals surface area contributed by atoms with Gasteiger partial charge in [0.15, 0.2) is 0 Å². The van der Waals surface area contributed by atoms with Gasteiger partial charge in [0.1, 0.15) is 18.9 Å². The second-order valence-electron chi connectivity index (χ2n) is 7.79. The van der Waals surface area contributed by atoms with E-state index in [-0.39, 0.29) is 30.8 Å². The average molecular weight is 424 g/mol. The zero-order valence-electron chi connectivity index (χ0n) is 18.3. The van der Waals surface area contributed by atoms with Crippen LogP contribution in [0.3, 0.4) is 0 Å². The lowest BCUT2D eigenvalue weighted by atomic mass is 10.00. The molecule has 1 heterocycles. The minimum atomic E-state index is -0.435. The lowest BCUT2D eigenvalue weighted by molar-refractivity contribution is -0.132. The molecule has 7 nitrogen and oxygen atoms in total. The molecule has 0 unspecified atom stereocenters. The van der Waals surface area contributed by atoms with Crippen LogP contribution in [-0.2, 0) is 9.59 Å². The molecule has 2 aromatic carbocycles. The Morgan fingerprint density at radius 1 is 1.10 bits per heavy atom. The van der Waals surface area contributed by atoms with Crippen LogP contribution in [0.1, 0.15) is 44.0 Å². The van der Waals surface area contributed by atoms with Crippen LogP contribution in [0.2, 0.25) is 0 Å². The van der Waals surface area contributed by atoms with Crippen LogP contribution < -0.4 is 15.4 Å². The number of anilines is 1. The fourth-order valence-electron chi connectivity index (χ4n) is 3.70. The first-order valence-electron chi connectivity index (χ1n) is 10.6. The maximum Gasteiger partial charge on any atom is 0.263 e. The van der Waals surface area contributed by atoms with Crippen LogP contribution in [-0.4, -0.2) is 48.4 Å². The Labute approximate surface area is 182 Å². The third kappa shape index (κ3) is 4.77. The molecule has 31 heavy (non-hydrogen) atoms. The van der Waals surface area contributed by atoms with Gasteiger partial charge in [-0.1, -0.05) is 25.1 Å². The minimum absolute atomic E-state index is 0.148. The number of amides is 3. The molecule has 2 aromatic rings. The van der Waals surface area contributed by atoms with Gasteiger partial charge in [-0.3, -0.25) is 19.3 Å². The van der Waals surface area contributed by atoms with Gasteiger partial charge < -0.3 is 15.4 Å². The van der Waals surface area contributed by atoms with Gasteiger partial charge in [0.2, 0.25) is 11.8 Å². The third-order valence-electron chi connectivity index (χ3n) is 5.15. The molecule has 1 aliphatic heterocycles. The third-order valence-corrected chi connectivity index (χ3v) is 5.15. The van der Waals surface area contributed by atoms with E-state index >= 15 is 0 Å². The molecule has 0 aliphatic carbocycles. The van der Waals surface area contributed by atoms with Gasteiger partial charge in [-0.05, 0) is 55.7 Å². The highest BCUT2D eigenvalue weighted by Crippen LogP contribution is 2.33. The fraction of sp³-hybridized carbons (Fsp3) is 0.375. The van der Waals surface area contributed by atoms with Crippen molar-refractivity contribution in [1.82, 2.24) is 4.90 Å². The quantitative estimate of drug-likeness (QED) is 0.738. The Kier molecular flexibility index (Phi) is 7.07. The van der Waals surface area contributed by atoms with Gasteiger partial charge in [0.25, 0.3) is 5.91 Å². The second-order valence-corrected chi connectivity index (χ2v) is 7.79. The summed E-state index contributed by atoms with van der Waals surface area (Å²) in [7, 11) is 0. The summed E-state index contributed by atoms with van der Waals surface area (Å²) in [4.78, 5) is 41.5. The van der Waals surface area contributed by atoms with Crippen molar-refractivity contribution in [3.05, 3.63) is 48.0 Å². The topological polar surface area (TPSA) is 92.9 Å². The van der Waals surface area contributed by atoms with Gasteiger partial charge in [0.05, 0.1) is 11.3 Å². The molecule has 2 N–H and O–H groups in total. The molecular weight excluding hydrogens is 394 g/mol. The maximum absolute atomic E-state index is 13.3. The summed E-state index contributed by atoms with van der Waals surface area (Å²) in [5, 5.41) is 0. The van der Waals surface area contributed by atoms with Crippen LogP contribution in [0, 0.1) is 0 Å². The van der Waals surface area contributed by atoms with Gasteiger partial charge in [0, 0.05) is 19.0 Å². The second kappa shape index (κ2) is 9.75. The summed E-state index contributed by atoms with van der Waals surface area (Å²) in [5.74, 6) is -0.312. The summed E-state index contributed by atoms with van der Waals surface area (Å²) < 4.78 is 5.52. The standard InChI is InChI=1S/C24H29N3O4/c1-4-5-22(28)26-15-23(29)27(16(2)3)21-11-8-18(14-20(21)24(26)30)17-6-9-19(10-7-17)31-13-12-25/h6-11,14,16H,4-5,12-13,15,25H2,1-3H3. The summed E-state index contributed by atoms with van der Waals surface area (Å²) in [5.41, 5.74) is 8.07. The van der Waals surface area contributed by atoms with Crippen molar-refractivity contribution < 1.29 is 19.1 Å². The molecule has 0 bridgehead atoms. The van der Waals surface area contributed by atoms with E-state index in [2.05, 4.69) is 0 Å². The number of nitrogens with two attached hydrogens (primary N) is 1. The SMILES string of the molecule is CCCC(=O)N1CC(=O)N(C(C)C)c2ccc(-c3ccc(OCCN)cc3)cc2C1=O. The molecule has 0 fully saturated rings. The lowest BCUT2D eigenvalue weighted by Crippen LogP contribution is -2.44. The number of benzene rings is 2. The number of hydrogen-bond donors (Lipinski definition) is 1. The van der Waals surface area contributed by atoms with Crippen LogP contribution >= 0.6 is 0 Å². The molecule has 3 rings (SSSR count). The Morgan fingerprint density at radius 3 is 2.39 bits per heavy atom. The number of ether oxygens (including phenoxy) is 1. The van der Waals surface area contributed by atoms with Crippen molar-refractivity contribution in [2.45, 2.75) is 39.7 Å². The molecule has 0 spiro atoms. The zero-order valence-corrected chi connectivity index (χ0v) is 18.3. The van der Waals surface area contributed by atoms with Crippen molar-refractivity contribution in [2.24, 2.45) is 5.73 Å². The fourth-order valence-corrected chi connectivity index (χ4v) is 3.70. The number of rotatable bonds is 7. The van der Waals surface area contributed by atoms with E-state index in [9.17, 15) is 14.4 Å². The van der Waals surface area contributed by atoms with Crippen LogP contribution in [0.25, 0.3) is 11.1 Å².